The van der Waals surface area contributed by atoms with Crippen LogP contribution in [-0.4, -0.2) is 29.6 Å². The van der Waals surface area contributed by atoms with Gasteiger partial charge in [0.1, 0.15) is 0 Å². The quantitative estimate of drug-likeness (QED) is 0.867. The molecule has 0 bridgehead atoms. The number of anilines is 1. The van der Waals surface area contributed by atoms with Crippen molar-refractivity contribution >= 4 is 11.6 Å². The zero-order chi connectivity index (χ0) is 15.6. The Balaban J connectivity index is 2.12. The van der Waals surface area contributed by atoms with E-state index in [0.717, 1.165) is 11.3 Å². The molecule has 0 spiro atoms. The van der Waals surface area contributed by atoms with E-state index < -0.39 is 0 Å². The maximum atomic E-state index is 12.8. The van der Waals surface area contributed by atoms with Crippen LogP contribution >= 0.6 is 0 Å². The van der Waals surface area contributed by atoms with Crippen molar-refractivity contribution in [3.8, 4) is 0 Å². The number of benzene rings is 1. The van der Waals surface area contributed by atoms with Crippen LogP contribution in [0.15, 0.2) is 24.3 Å². The highest BCUT2D eigenvalue weighted by Crippen LogP contribution is 2.33. The molecule has 4 atom stereocenters. The summed E-state index contributed by atoms with van der Waals surface area (Å²) in [7, 11) is 0. The number of carbonyl (C=O) groups is 1. The van der Waals surface area contributed by atoms with Gasteiger partial charge in [0.05, 0.1) is 18.1 Å². The van der Waals surface area contributed by atoms with E-state index in [1.807, 2.05) is 49.9 Å². The summed E-state index contributed by atoms with van der Waals surface area (Å²) in [5.41, 5.74) is 7.61. The molecule has 2 N–H and O–H groups in total. The van der Waals surface area contributed by atoms with E-state index in [-0.39, 0.29) is 30.0 Å². The number of hydrogen-bond acceptors (Lipinski definition) is 3. The number of carbonyl (C=O) groups excluding carboxylic acids is 1. The predicted octanol–water partition coefficient (Wildman–Crippen LogP) is 2.68. The minimum Gasteiger partial charge on any atom is -0.399 e. The van der Waals surface area contributed by atoms with E-state index in [9.17, 15) is 4.79 Å². The monoisotopic (exact) mass is 290 g/mol. The minimum atomic E-state index is -0.0546. The molecule has 0 radical (unpaired) electrons. The average Bonchev–Trinajstić information content (AvgIpc) is 2.69. The first-order valence-corrected chi connectivity index (χ1v) is 7.72. The standard InChI is InChI=1S/C17H26N2O2/c1-5-19(10-14-7-6-8-15(18)9-14)17(20)16-11(2)12(3)21-13(16)4/h6-9,11-13,16H,5,10,18H2,1-4H3. The fourth-order valence-electron chi connectivity index (χ4n) is 3.16. The summed E-state index contributed by atoms with van der Waals surface area (Å²) in [6.07, 6.45) is 0.123. The van der Waals surface area contributed by atoms with Crippen LogP contribution < -0.4 is 5.73 Å². The van der Waals surface area contributed by atoms with Crippen molar-refractivity contribution in [2.45, 2.75) is 46.4 Å². The molecule has 4 nitrogen and oxygen atoms in total. The zero-order valence-electron chi connectivity index (χ0n) is 13.4. The Labute approximate surface area is 127 Å². The normalized spacial score (nSPS) is 28.6. The third-order valence-corrected chi connectivity index (χ3v) is 4.54. The van der Waals surface area contributed by atoms with Crippen molar-refractivity contribution < 1.29 is 9.53 Å². The topological polar surface area (TPSA) is 55.6 Å². The molecule has 1 aliphatic heterocycles. The first-order valence-electron chi connectivity index (χ1n) is 7.72. The number of ether oxygens (including phenoxy) is 1. The van der Waals surface area contributed by atoms with Gasteiger partial charge in [-0.2, -0.15) is 0 Å². The SMILES string of the molecule is CCN(Cc1cccc(N)c1)C(=O)C1C(C)OC(C)C1C. The summed E-state index contributed by atoms with van der Waals surface area (Å²) in [5, 5.41) is 0. The summed E-state index contributed by atoms with van der Waals surface area (Å²) >= 11 is 0. The number of nitrogens with zero attached hydrogens (tertiary/aromatic N) is 1. The highest BCUT2D eigenvalue weighted by molar-refractivity contribution is 5.80. The van der Waals surface area contributed by atoms with Crippen molar-refractivity contribution in [1.82, 2.24) is 4.90 Å². The van der Waals surface area contributed by atoms with E-state index in [1.54, 1.807) is 0 Å². The van der Waals surface area contributed by atoms with Crippen LogP contribution in [0.3, 0.4) is 0 Å². The van der Waals surface area contributed by atoms with Crippen LogP contribution in [0.1, 0.15) is 33.3 Å². The zero-order valence-corrected chi connectivity index (χ0v) is 13.4. The average molecular weight is 290 g/mol. The van der Waals surface area contributed by atoms with Crippen LogP contribution in [0.5, 0.6) is 0 Å². The van der Waals surface area contributed by atoms with E-state index in [1.165, 1.54) is 0 Å². The number of amides is 1. The number of nitrogen functional groups attached to an aromatic ring is 1. The maximum Gasteiger partial charge on any atom is 0.228 e. The van der Waals surface area contributed by atoms with E-state index in [2.05, 4.69) is 6.92 Å². The maximum absolute atomic E-state index is 12.8. The van der Waals surface area contributed by atoms with Crippen molar-refractivity contribution in [3.05, 3.63) is 29.8 Å². The lowest BCUT2D eigenvalue weighted by atomic mass is 9.88. The Hall–Kier alpha value is -1.55. The first kappa shape index (κ1) is 15.8. The number of rotatable bonds is 4. The van der Waals surface area contributed by atoms with Crippen molar-refractivity contribution in [2.24, 2.45) is 11.8 Å². The molecular formula is C17H26N2O2. The van der Waals surface area contributed by atoms with Crippen molar-refractivity contribution in [1.29, 1.82) is 0 Å². The van der Waals surface area contributed by atoms with E-state index in [0.29, 0.717) is 13.1 Å². The second-order valence-electron chi connectivity index (χ2n) is 6.03. The molecule has 1 aliphatic rings. The summed E-state index contributed by atoms with van der Waals surface area (Å²) < 4.78 is 5.80. The van der Waals surface area contributed by atoms with Crippen LogP contribution in [0.2, 0.25) is 0 Å². The van der Waals surface area contributed by atoms with Crippen LogP contribution in [0.4, 0.5) is 5.69 Å². The largest absolute Gasteiger partial charge is 0.399 e. The highest BCUT2D eigenvalue weighted by Gasteiger charge is 2.42. The Morgan fingerprint density at radius 2 is 2.00 bits per heavy atom. The molecule has 0 saturated carbocycles. The smallest absolute Gasteiger partial charge is 0.228 e. The first-order chi connectivity index (χ1) is 9.93. The molecule has 0 aliphatic carbocycles. The number of hydrogen-bond donors (Lipinski definition) is 1. The molecule has 0 aromatic heterocycles. The second-order valence-corrected chi connectivity index (χ2v) is 6.03. The Morgan fingerprint density at radius 3 is 2.52 bits per heavy atom. The Bertz CT molecular complexity index is 503. The Morgan fingerprint density at radius 1 is 1.29 bits per heavy atom. The fourth-order valence-corrected chi connectivity index (χ4v) is 3.16. The molecular weight excluding hydrogens is 264 g/mol. The molecule has 116 valence electrons. The van der Waals surface area contributed by atoms with Gasteiger partial charge in [0, 0.05) is 18.8 Å². The van der Waals surface area contributed by atoms with Crippen molar-refractivity contribution in [2.75, 3.05) is 12.3 Å². The molecule has 1 saturated heterocycles. The molecule has 1 fully saturated rings. The van der Waals surface area contributed by atoms with Crippen LogP contribution in [0.25, 0.3) is 0 Å². The lowest BCUT2D eigenvalue weighted by Gasteiger charge is -2.27. The molecule has 1 aromatic rings. The summed E-state index contributed by atoms with van der Waals surface area (Å²) in [6.45, 7) is 9.45. The van der Waals surface area contributed by atoms with Gasteiger partial charge in [-0.25, -0.2) is 0 Å². The summed E-state index contributed by atoms with van der Waals surface area (Å²) in [4.78, 5) is 14.7. The third kappa shape index (κ3) is 3.38. The lowest BCUT2D eigenvalue weighted by Crippen LogP contribution is -2.40. The van der Waals surface area contributed by atoms with E-state index in [4.69, 9.17) is 10.5 Å². The Kier molecular flexibility index (Phi) is 4.88. The third-order valence-electron chi connectivity index (χ3n) is 4.54. The van der Waals surface area contributed by atoms with Gasteiger partial charge < -0.3 is 15.4 Å². The minimum absolute atomic E-state index is 0.0163. The van der Waals surface area contributed by atoms with Gasteiger partial charge in [0.25, 0.3) is 0 Å². The molecule has 1 aromatic carbocycles. The van der Waals surface area contributed by atoms with Crippen LogP contribution in [0, 0.1) is 11.8 Å². The molecule has 1 heterocycles. The number of nitrogens with two attached hydrogens (primary N) is 1. The predicted molar refractivity (Wildman–Crippen MR) is 84.6 cm³/mol. The van der Waals surface area contributed by atoms with Gasteiger partial charge in [0.15, 0.2) is 0 Å². The van der Waals surface area contributed by atoms with E-state index >= 15 is 0 Å². The molecule has 21 heavy (non-hydrogen) atoms. The van der Waals surface area contributed by atoms with Gasteiger partial charge in [-0.15, -0.1) is 0 Å². The van der Waals surface area contributed by atoms with Crippen LogP contribution in [-0.2, 0) is 16.1 Å². The fraction of sp³-hybridized carbons (Fsp3) is 0.588. The second kappa shape index (κ2) is 6.48. The van der Waals surface area contributed by atoms with Gasteiger partial charge in [0.2, 0.25) is 5.91 Å². The molecule has 4 heteroatoms. The molecule has 2 rings (SSSR count). The summed E-state index contributed by atoms with van der Waals surface area (Å²) in [5.74, 6) is 0.382. The summed E-state index contributed by atoms with van der Waals surface area (Å²) in [6, 6.07) is 7.72. The lowest BCUT2D eigenvalue weighted by molar-refractivity contribution is -0.138. The van der Waals surface area contributed by atoms with Crippen molar-refractivity contribution in [3.63, 3.8) is 0 Å². The van der Waals surface area contributed by atoms with Gasteiger partial charge in [-0.1, -0.05) is 19.1 Å². The van der Waals surface area contributed by atoms with Gasteiger partial charge in [-0.05, 0) is 44.4 Å². The molecule has 4 unspecified atom stereocenters. The van der Waals surface area contributed by atoms with Gasteiger partial charge in [-0.3, -0.25) is 4.79 Å². The molecule has 1 amide bonds. The van der Waals surface area contributed by atoms with Gasteiger partial charge >= 0.3 is 0 Å². The highest BCUT2D eigenvalue weighted by atomic mass is 16.5.